The van der Waals surface area contributed by atoms with Crippen LogP contribution >= 0.6 is 11.6 Å². The van der Waals surface area contributed by atoms with Gasteiger partial charge in [-0.05, 0) is 32.9 Å². The number of anilines is 1. The molecular formula is C14H17ClFNO4. The van der Waals surface area contributed by atoms with Gasteiger partial charge in [0.05, 0.1) is 5.02 Å². The van der Waals surface area contributed by atoms with Crippen LogP contribution in [0.5, 0.6) is 0 Å². The summed E-state index contributed by atoms with van der Waals surface area (Å²) >= 11 is 5.91. The molecule has 0 fully saturated rings. The van der Waals surface area contributed by atoms with Crippen molar-refractivity contribution in [2.24, 2.45) is 0 Å². The van der Waals surface area contributed by atoms with E-state index in [2.05, 4.69) is 5.32 Å². The van der Waals surface area contributed by atoms with E-state index >= 15 is 0 Å². The Kier molecular flexibility index (Phi) is 5.54. The first-order valence-electron chi connectivity index (χ1n) is 6.20. The van der Waals surface area contributed by atoms with Crippen LogP contribution in [0.4, 0.5) is 14.9 Å². The van der Waals surface area contributed by atoms with Crippen molar-refractivity contribution in [2.45, 2.75) is 39.9 Å². The van der Waals surface area contributed by atoms with Crippen LogP contribution in [0.1, 0.15) is 33.3 Å². The highest BCUT2D eigenvalue weighted by molar-refractivity contribution is 6.31. The van der Waals surface area contributed by atoms with Crippen molar-refractivity contribution in [3.05, 3.63) is 28.5 Å². The van der Waals surface area contributed by atoms with Gasteiger partial charge in [0.25, 0.3) is 0 Å². The predicted octanol–water partition coefficient (Wildman–Crippen LogP) is 3.89. The smallest absolute Gasteiger partial charge is 0.412 e. The van der Waals surface area contributed by atoms with Crippen molar-refractivity contribution < 1.29 is 23.5 Å². The van der Waals surface area contributed by atoms with E-state index in [1.807, 2.05) is 0 Å². The Bertz CT molecular complexity index is 531. The van der Waals surface area contributed by atoms with Gasteiger partial charge in [-0.15, -0.1) is 0 Å². The van der Waals surface area contributed by atoms with Gasteiger partial charge >= 0.3 is 12.1 Å². The van der Waals surface area contributed by atoms with Crippen LogP contribution in [0, 0.1) is 5.82 Å². The van der Waals surface area contributed by atoms with Crippen LogP contribution in [-0.2, 0) is 20.9 Å². The van der Waals surface area contributed by atoms with Gasteiger partial charge in [-0.2, -0.15) is 0 Å². The fraction of sp³-hybridized carbons (Fsp3) is 0.429. The Balaban J connectivity index is 2.83. The maximum Gasteiger partial charge on any atom is 0.412 e. The number of esters is 1. The maximum atomic E-state index is 13.9. The van der Waals surface area contributed by atoms with E-state index in [9.17, 15) is 14.0 Å². The van der Waals surface area contributed by atoms with Crippen molar-refractivity contribution in [1.29, 1.82) is 0 Å². The molecule has 0 saturated carbocycles. The Labute approximate surface area is 127 Å². The zero-order valence-electron chi connectivity index (χ0n) is 12.3. The molecule has 0 atom stereocenters. The summed E-state index contributed by atoms with van der Waals surface area (Å²) in [5, 5.41) is 2.42. The molecule has 1 aromatic carbocycles. The lowest BCUT2D eigenvalue weighted by atomic mass is 10.2. The molecule has 1 rings (SSSR count). The summed E-state index contributed by atoms with van der Waals surface area (Å²) in [4.78, 5) is 22.3. The number of hydrogen-bond acceptors (Lipinski definition) is 4. The molecule has 1 amide bonds. The average molecular weight is 318 g/mol. The molecule has 0 spiro atoms. The van der Waals surface area contributed by atoms with E-state index in [1.54, 1.807) is 20.8 Å². The normalized spacial score (nSPS) is 11.0. The number of carbonyl (C=O) groups excluding carboxylic acids is 2. The van der Waals surface area contributed by atoms with E-state index in [-0.39, 0.29) is 22.9 Å². The second-order valence-corrected chi connectivity index (χ2v) is 5.73. The highest BCUT2D eigenvalue weighted by Crippen LogP contribution is 2.25. The van der Waals surface area contributed by atoms with E-state index in [0.717, 1.165) is 6.07 Å². The Morgan fingerprint density at radius 3 is 2.43 bits per heavy atom. The topological polar surface area (TPSA) is 64.6 Å². The van der Waals surface area contributed by atoms with Gasteiger partial charge in [-0.3, -0.25) is 10.1 Å². The molecule has 0 aromatic heterocycles. The maximum absolute atomic E-state index is 13.9. The molecule has 0 saturated heterocycles. The fourth-order valence-electron chi connectivity index (χ4n) is 1.41. The van der Waals surface area contributed by atoms with Gasteiger partial charge in [0, 0.05) is 18.2 Å². The van der Waals surface area contributed by atoms with Crippen LogP contribution in [0.3, 0.4) is 0 Å². The van der Waals surface area contributed by atoms with Gasteiger partial charge in [-0.25, -0.2) is 9.18 Å². The summed E-state index contributed by atoms with van der Waals surface area (Å²) in [7, 11) is 0. The molecule has 0 bridgehead atoms. The highest BCUT2D eigenvalue weighted by Gasteiger charge is 2.18. The van der Waals surface area contributed by atoms with Gasteiger partial charge in [0.1, 0.15) is 18.0 Å². The van der Waals surface area contributed by atoms with E-state index in [1.165, 1.54) is 13.0 Å². The molecule has 0 aliphatic rings. The molecule has 0 heterocycles. The molecule has 7 heteroatoms. The molecular weight excluding hydrogens is 301 g/mol. The number of benzene rings is 1. The van der Waals surface area contributed by atoms with E-state index in [0.29, 0.717) is 0 Å². The first kappa shape index (κ1) is 17.2. The van der Waals surface area contributed by atoms with Gasteiger partial charge in [-0.1, -0.05) is 11.6 Å². The minimum Gasteiger partial charge on any atom is -0.461 e. The first-order chi connectivity index (χ1) is 9.58. The van der Waals surface area contributed by atoms with Gasteiger partial charge in [0.2, 0.25) is 0 Å². The SMILES string of the molecule is CC(=O)OCc1c(F)cc(NC(=O)OC(C)(C)C)cc1Cl. The second-order valence-electron chi connectivity index (χ2n) is 5.33. The Morgan fingerprint density at radius 1 is 1.33 bits per heavy atom. The van der Waals surface area contributed by atoms with Crippen LogP contribution in [0.2, 0.25) is 5.02 Å². The Morgan fingerprint density at radius 2 is 1.95 bits per heavy atom. The third-order valence-corrected chi connectivity index (χ3v) is 2.54. The molecule has 0 radical (unpaired) electrons. The summed E-state index contributed by atoms with van der Waals surface area (Å²) in [5.74, 6) is -1.23. The quantitative estimate of drug-likeness (QED) is 0.859. The van der Waals surface area contributed by atoms with Crippen molar-refractivity contribution in [3.63, 3.8) is 0 Å². The van der Waals surface area contributed by atoms with Gasteiger partial charge < -0.3 is 9.47 Å². The number of nitrogens with one attached hydrogen (secondary N) is 1. The summed E-state index contributed by atoms with van der Waals surface area (Å²) < 4.78 is 23.6. The summed E-state index contributed by atoms with van der Waals surface area (Å²) in [6.45, 7) is 6.07. The third kappa shape index (κ3) is 5.99. The second kappa shape index (κ2) is 6.76. The van der Waals surface area contributed by atoms with E-state index < -0.39 is 23.5 Å². The van der Waals surface area contributed by atoms with Crippen LogP contribution < -0.4 is 5.32 Å². The van der Waals surface area contributed by atoms with Crippen molar-refractivity contribution in [1.82, 2.24) is 0 Å². The number of ether oxygens (including phenoxy) is 2. The predicted molar refractivity (Wildman–Crippen MR) is 76.7 cm³/mol. The highest BCUT2D eigenvalue weighted by atomic mass is 35.5. The zero-order chi connectivity index (χ0) is 16.2. The molecule has 0 aliphatic carbocycles. The van der Waals surface area contributed by atoms with E-state index in [4.69, 9.17) is 21.1 Å². The van der Waals surface area contributed by atoms with Crippen molar-refractivity contribution in [2.75, 3.05) is 5.32 Å². The lowest BCUT2D eigenvalue weighted by molar-refractivity contribution is -0.142. The zero-order valence-corrected chi connectivity index (χ0v) is 13.0. The number of hydrogen-bond donors (Lipinski definition) is 1. The number of rotatable bonds is 3. The minimum atomic E-state index is -0.717. The molecule has 0 aliphatic heterocycles. The lowest BCUT2D eigenvalue weighted by Gasteiger charge is -2.20. The number of carbonyl (C=O) groups is 2. The standard InChI is InChI=1S/C14H17ClFNO4/c1-8(18)20-7-10-11(15)5-9(6-12(10)16)17-13(19)21-14(2,3)4/h5-6H,7H2,1-4H3,(H,17,19). The minimum absolute atomic E-state index is 0.0432. The molecule has 116 valence electrons. The summed E-state index contributed by atoms with van der Waals surface area (Å²) in [6.07, 6.45) is -0.717. The summed E-state index contributed by atoms with van der Waals surface area (Å²) in [5.41, 5.74) is -0.471. The van der Waals surface area contributed by atoms with Crippen molar-refractivity contribution in [3.8, 4) is 0 Å². The van der Waals surface area contributed by atoms with Crippen molar-refractivity contribution >= 4 is 29.4 Å². The number of amides is 1. The fourth-order valence-corrected chi connectivity index (χ4v) is 1.67. The lowest BCUT2D eigenvalue weighted by Crippen LogP contribution is -2.27. The van der Waals surface area contributed by atoms with Gasteiger partial charge in [0.15, 0.2) is 0 Å². The van der Waals surface area contributed by atoms with Crippen LogP contribution in [-0.4, -0.2) is 17.7 Å². The molecule has 0 unspecified atom stereocenters. The average Bonchev–Trinajstić information content (AvgIpc) is 2.24. The largest absolute Gasteiger partial charge is 0.461 e. The monoisotopic (exact) mass is 317 g/mol. The number of halogens is 2. The molecule has 1 N–H and O–H groups in total. The first-order valence-corrected chi connectivity index (χ1v) is 6.57. The Hall–Kier alpha value is -1.82. The van der Waals surface area contributed by atoms with Crippen LogP contribution in [0.25, 0.3) is 0 Å². The molecule has 21 heavy (non-hydrogen) atoms. The third-order valence-electron chi connectivity index (χ3n) is 2.21. The summed E-state index contributed by atoms with van der Waals surface area (Å²) in [6, 6.07) is 2.43. The van der Waals surface area contributed by atoms with Crippen LogP contribution in [0.15, 0.2) is 12.1 Å². The molecule has 1 aromatic rings. The molecule has 5 nitrogen and oxygen atoms in total.